The number of esters is 1. The maximum atomic E-state index is 13.2. The van der Waals surface area contributed by atoms with Crippen molar-refractivity contribution >= 4 is 17.5 Å². The number of unbranched alkanes of at least 4 members (excludes halogenated alkanes) is 2. The van der Waals surface area contributed by atoms with Crippen molar-refractivity contribution < 1.29 is 38.1 Å². The van der Waals surface area contributed by atoms with Crippen molar-refractivity contribution in [2.45, 2.75) is 135 Å². The lowest BCUT2D eigenvalue weighted by Gasteiger charge is -2.31. The van der Waals surface area contributed by atoms with E-state index in [9.17, 15) is 14.4 Å². The van der Waals surface area contributed by atoms with Crippen molar-refractivity contribution in [1.29, 1.82) is 0 Å². The van der Waals surface area contributed by atoms with Crippen molar-refractivity contribution in [3.8, 4) is 0 Å². The summed E-state index contributed by atoms with van der Waals surface area (Å²) in [6, 6.07) is 0. The molecule has 8 nitrogen and oxygen atoms in total. The van der Waals surface area contributed by atoms with Gasteiger partial charge in [-0.05, 0) is 63.7 Å². The average Bonchev–Trinajstić information content (AvgIpc) is 3.25. The van der Waals surface area contributed by atoms with E-state index >= 15 is 0 Å². The average molecular weight is 565 g/mol. The molecule has 2 heterocycles. The molecule has 0 radical (unpaired) electrons. The number of carbonyl (C=O) groups is 3. The second kappa shape index (κ2) is 18.0. The van der Waals surface area contributed by atoms with Crippen LogP contribution < -0.4 is 0 Å². The van der Waals surface area contributed by atoms with Gasteiger partial charge in [-0.1, -0.05) is 38.8 Å². The van der Waals surface area contributed by atoms with Gasteiger partial charge in [0.15, 0.2) is 12.6 Å². The standard InChI is InChI=1S/C32H52O8/c1-4-5-12-23(2)28(39-31-15-8-10-19-37-31)18-17-25-26(21-24(33)13-6-7-14-30(35)36-3)27(34)22-29(25)40-32-16-9-11-20-38-32/h17-18,23,25-26,28-29,31-32H,4-16,19-22H2,1-3H3/t23-,25+,26+,28+,29+,31?,32?/m0/s1. The molecule has 2 saturated heterocycles. The van der Waals surface area contributed by atoms with E-state index in [1.807, 2.05) is 0 Å². The summed E-state index contributed by atoms with van der Waals surface area (Å²) >= 11 is 0. The number of ketones is 2. The van der Waals surface area contributed by atoms with Crippen LogP contribution in [0.5, 0.6) is 0 Å². The first-order valence-corrected chi connectivity index (χ1v) is 15.7. The number of carbonyl (C=O) groups excluding carboxylic acids is 3. The Labute approximate surface area is 240 Å². The van der Waals surface area contributed by atoms with E-state index in [2.05, 4.69) is 30.7 Å². The Bertz CT molecular complexity index is 799. The molecule has 1 saturated carbocycles. The predicted molar refractivity (Wildman–Crippen MR) is 151 cm³/mol. The molecule has 228 valence electrons. The zero-order valence-corrected chi connectivity index (χ0v) is 25.0. The summed E-state index contributed by atoms with van der Waals surface area (Å²) in [5.41, 5.74) is 0. The fraction of sp³-hybridized carbons (Fsp3) is 0.844. The summed E-state index contributed by atoms with van der Waals surface area (Å²) < 4.78 is 29.2. The topological polar surface area (TPSA) is 97.4 Å². The Balaban J connectivity index is 1.71. The van der Waals surface area contributed by atoms with E-state index in [1.165, 1.54) is 7.11 Å². The quantitative estimate of drug-likeness (QED) is 0.119. The number of hydrogen-bond acceptors (Lipinski definition) is 8. The minimum absolute atomic E-state index is 0.0518. The molecule has 2 unspecified atom stereocenters. The molecule has 40 heavy (non-hydrogen) atoms. The molecular weight excluding hydrogens is 512 g/mol. The highest BCUT2D eigenvalue weighted by Gasteiger charge is 2.44. The van der Waals surface area contributed by atoms with Crippen LogP contribution in [0.3, 0.4) is 0 Å². The lowest BCUT2D eigenvalue weighted by atomic mass is 9.87. The Morgan fingerprint density at radius 2 is 1.70 bits per heavy atom. The third-order valence-electron chi connectivity index (χ3n) is 8.48. The Hall–Kier alpha value is -1.61. The van der Waals surface area contributed by atoms with Crippen LogP contribution in [0.4, 0.5) is 0 Å². The minimum atomic E-state index is -0.421. The van der Waals surface area contributed by atoms with Gasteiger partial charge in [-0.25, -0.2) is 0 Å². The van der Waals surface area contributed by atoms with Gasteiger partial charge in [0.25, 0.3) is 0 Å². The molecule has 8 heteroatoms. The highest BCUT2D eigenvalue weighted by atomic mass is 16.7. The second-order valence-corrected chi connectivity index (χ2v) is 11.8. The Morgan fingerprint density at radius 1 is 1.00 bits per heavy atom. The van der Waals surface area contributed by atoms with E-state index in [1.54, 1.807) is 0 Å². The molecule has 0 aromatic carbocycles. The highest BCUT2D eigenvalue weighted by Crippen LogP contribution is 2.37. The number of Topliss-reactive ketones (excluding diaryl/α,β-unsaturated/α-hetero) is 2. The van der Waals surface area contributed by atoms with Crippen molar-refractivity contribution in [3.05, 3.63) is 12.2 Å². The summed E-state index contributed by atoms with van der Waals surface area (Å²) in [6.45, 7) is 5.81. The van der Waals surface area contributed by atoms with Gasteiger partial charge in [0, 0.05) is 50.7 Å². The van der Waals surface area contributed by atoms with Gasteiger partial charge in [0.2, 0.25) is 0 Å². The fourth-order valence-corrected chi connectivity index (χ4v) is 5.95. The maximum absolute atomic E-state index is 13.2. The van der Waals surface area contributed by atoms with Crippen LogP contribution in [0, 0.1) is 17.8 Å². The zero-order valence-electron chi connectivity index (χ0n) is 25.0. The van der Waals surface area contributed by atoms with E-state index in [0.717, 1.165) is 64.4 Å². The highest BCUT2D eigenvalue weighted by molar-refractivity contribution is 5.90. The molecule has 1 aliphatic carbocycles. The Kier molecular flexibility index (Phi) is 14.8. The molecule has 3 fully saturated rings. The zero-order chi connectivity index (χ0) is 28.7. The van der Waals surface area contributed by atoms with E-state index in [0.29, 0.717) is 38.2 Å². The summed E-state index contributed by atoms with van der Waals surface area (Å²) in [7, 11) is 1.37. The lowest BCUT2D eigenvalue weighted by Crippen LogP contribution is -2.32. The molecule has 0 amide bonds. The third kappa shape index (κ3) is 11.0. The molecule has 0 spiro atoms. The van der Waals surface area contributed by atoms with Gasteiger partial charge in [0.05, 0.1) is 19.3 Å². The van der Waals surface area contributed by atoms with Gasteiger partial charge < -0.3 is 23.7 Å². The van der Waals surface area contributed by atoms with Crippen molar-refractivity contribution in [2.24, 2.45) is 17.8 Å². The van der Waals surface area contributed by atoms with Gasteiger partial charge in [-0.2, -0.15) is 0 Å². The van der Waals surface area contributed by atoms with Crippen LogP contribution in [-0.4, -0.2) is 62.6 Å². The molecule has 0 aromatic rings. The molecule has 0 N–H and O–H groups in total. The normalized spacial score (nSPS) is 29.0. The summed E-state index contributed by atoms with van der Waals surface area (Å²) in [5.74, 6) is -0.475. The van der Waals surface area contributed by atoms with Crippen LogP contribution >= 0.6 is 0 Å². The molecule has 0 bridgehead atoms. The largest absolute Gasteiger partial charge is 0.469 e. The first-order valence-electron chi connectivity index (χ1n) is 15.7. The lowest BCUT2D eigenvalue weighted by molar-refractivity contribution is -0.193. The molecular formula is C32H52O8. The van der Waals surface area contributed by atoms with E-state index in [-0.39, 0.29) is 61.1 Å². The summed E-state index contributed by atoms with van der Waals surface area (Å²) in [4.78, 5) is 37.6. The van der Waals surface area contributed by atoms with Gasteiger partial charge in [-0.3, -0.25) is 14.4 Å². The fourth-order valence-electron chi connectivity index (χ4n) is 5.95. The Morgan fingerprint density at radius 3 is 2.35 bits per heavy atom. The first-order chi connectivity index (χ1) is 19.4. The minimum Gasteiger partial charge on any atom is -0.469 e. The predicted octanol–water partition coefficient (Wildman–Crippen LogP) is 6.09. The van der Waals surface area contributed by atoms with Gasteiger partial charge >= 0.3 is 5.97 Å². The number of methoxy groups -OCH3 is 1. The molecule has 0 aromatic heterocycles. The molecule has 7 atom stereocenters. The summed E-state index contributed by atoms with van der Waals surface area (Å²) in [5, 5.41) is 0. The van der Waals surface area contributed by atoms with Gasteiger partial charge in [0.1, 0.15) is 11.6 Å². The van der Waals surface area contributed by atoms with Crippen molar-refractivity contribution in [1.82, 2.24) is 0 Å². The molecule has 3 aliphatic rings. The second-order valence-electron chi connectivity index (χ2n) is 11.8. The smallest absolute Gasteiger partial charge is 0.305 e. The first kappa shape index (κ1) is 32.9. The van der Waals surface area contributed by atoms with Crippen LogP contribution in [0.15, 0.2) is 12.2 Å². The van der Waals surface area contributed by atoms with Crippen molar-refractivity contribution in [3.63, 3.8) is 0 Å². The maximum Gasteiger partial charge on any atom is 0.305 e. The number of hydrogen-bond donors (Lipinski definition) is 0. The number of ether oxygens (including phenoxy) is 5. The van der Waals surface area contributed by atoms with Crippen LogP contribution in [-0.2, 0) is 38.1 Å². The van der Waals surface area contributed by atoms with Gasteiger partial charge in [-0.15, -0.1) is 0 Å². The van der Waals surface area contributed by atoms with Crippen molar-refractivity contribution in [2.75, 3.05) is 20.3 Å². The SMILES string of the molecule is CCCC[C@H](C)[C@@H](C=C[C@H]1[C@H](OC2CCCCO2)CC(=O)[C@@H]1CC(=O)CCCCC(=O)OC)OC1CCCCO1. The summed E-state index contributed by atoms with van der Waals surface area (Å²) in [6.07, 6.45) is 14.8. The van der Waals surface area contributed by atoms with Crippen LogP contribution in [0.25, 0.3) is 0 Å². The third-order valence-corrected chi connectivity index (χ3v) is 8.48. The van der Waals surface area contributed by atoms with Crippen LogP contribution in [0.2, 0.25) is 0 Å². The monoisotopic (exact) mass is 564 g/mol. The van der Waals surface area contributed by atoms with Crippen LogP contribution in [0.1, 0.15) is 110 Å². The molecule has 2 aliphatic heterocycles. The van der Waals surface area contributed by atoms with E-state index < -0.39 is 5.92 Å². The number of rotatable bonds is 17. The van der Waals surface area contributed by atoms with E-state index in [4.69, 9.17) is 18.9 Å². The molecule has 3 rings (SSSR count).